The Morgan fingerprint density at radius 3 is 2.82 bits per heavy atom. The molecule has 0 aromatic heterocycles. The van der Waals surface area contributed by atoms with E-state index in [-0.39, 0.29) is 6.04 Å². The standard InChI is InChI=1S/C12H17ClN2OS/c1-3-9(7-16-2)15-11-6-8(13)4-5-10(11)12(14)17/h4-6,9,15H,3,7H2,1-2H3,(H2,14,17). The minimum Gasteiger partial charge on any atom is -0.389 e. The molecule has 0 spiro atoms. The zero-order valence-electron chi connectivity index (χ0n) is 10.00. The van der Waals surface area contributed by atoms with Crippen molar-refractivity contribution in [2.45, 2.75) is 19.4 Å². The minimum atomic E-state index is 0.214. The van der Waals surface area contributed by atoms with Crippen LogP contribution >= 0.6 is 23.8 Å². The molecule has 3 N–H and O–H groups in total. The molecule has 0 aliphatic carbocycles. The first-order valence-electron chi connectivity index (χ1n) is 5.43. The van der Waals surface area contributed by atoms with Crippen molar-refractivity contribution in [1.82, 2.24) is 0 Å². The fourth-order valence-corrected chi connectivity index (χ4v) is 1.88. The van der Waals surface area contributed by atoms with E-state index in [0.717, 1.165) is 17.7 Å². The summed E-state index contributed by atoms with van der Waals surface area (Å²) in [6, 6.07) is 5.64. The van der Waals surface area contributed by atoms with Crippen LogP contribution < -0.4 is 11.1 Å². The third-order valence-corrected chi connectivity index (χ3v) is 2.92. The van der Waals surface area contributed by atoms with Crippen LogP contribution in [0.1, 0.15) is 18.9 Å². The van der Waals surface area contributed by atoms with Crippen molar-refractivity contribution >= 4 is 34.5 Å². The van der Waals surface area contributed by atoms with Crippen molar-refractivity contribution < 1.29 is 4.74 Å². The number of nitrogens with one attached hydrogen (secondary N) is 1. The molecule has 0 heterocycles. The maximum absolute atomic E-state index is 5.97. The number of hydrogen-bond donors (Lipinski definition) is 2. The number of methoxy groups -OCH3 is 1. The third-order valence-electron chi connectivity index (χ3n) is 2.47. The second kappa shape index (κ2) is 6.79. The molecule has 0 aliphatic heterocycles. The summed E-state index contributed by atoms with van der Waals surface area (Å²) < 4.78 is 5.14. The summed E-state index contributed by atoms with van der Waals surface area (Å²) in [4.78, 5) is 0.358. The molecule has 0 saturated heterocycles. The molecule has 0 radical (unpaired) electrons. The minimum absolute atomic E-state index is 0.214. The lowest BCUT2D eigenvalue weighted by Gasteiger charge is -2.19. The van der Waals surface area contributed by atoms with E-state index in [2.05, 4.69) is 12.2 Å². The van der Waals surface area contributed by atoms with Gasteiger partial charge in [-0.25, -0.2) is 0 Å². The van der Waals surface area contributed by atoms with E-state index in [1.165, 1.54) is 0 Å². The summed E-state index contributed by atoms with van der Waals surface area (Å²) >= 11 is 11.0. The molecule has 94 valence electrons. The van der Waals surface area contributed by atoms with E-state index in [4.69, 9.17) is 34.3 Å². The topological polar surface area (TPSA) is 47.3 Å². The molecule has 0 aliphatic rings. The van der Waals surface area contributed by atoms with Crippen LogP contribution in [0.2, 0.25) is 5.02 Å². The van der Waals surface area contributed by atoms with E-state index in [0.29, 0.717) is 16.6 Å². The predicted octanol–water partition coefficient (Wildman–Crippen LogP) is 2.81. The lowest BCUT2D eigenvalue weighted by Crippen LogP contribution is -2.25. The quantitative estimate of drug-likeness (QED) is 0.782. The fraction of sp³-hybridized carbons (Fsp3) is 0.417. The molecule has 5 heteroatoms. The maximum atomic E-state index is 5.97. The highest BCUT2D eigenvalue weighted by molar-refractivity contribution is 7.80. The van der Waals surface area contributed by atoms with E-state index < -0.39 is 0 Å². The van der Waals surface area contributed by atoms with Gasteiger partial charge in [0.25, 0.3) is 0 Å². The number of rotatable bonds is 6. The number of halogens is 1. The molecule has 1 unspecified atom stereocenters. The van der Waals surface area contributed by atoms with Crippen LogP contribution in [0.15, 0.2) is 18.2 Å². The second-order valence-electron chi connectivity index (χ2n) is 3.76. The number of benzene rings is 1. The van der Waals surface area contributed by atoms with Crippen molar-refractivity contribution in [3.8, 4) is 0 Å². The molecular formula is C12H17ClN2OS. The molecule has 1 aromatic carbocycles. The van der Waals surface area contributed by atoms with Crippen LogP contribution in [0.5, 0.6) is 0 Å². The summed E-state index contributed by atoms with van der Waals surface area (Å²) in [7, 11) is 1.68. The first-order chi connectivity index (χ1) is 8.08. The monoisotopic (exact) mass is 272 g/mol. The second-order valence-corrected chi connectivity index (χ2v) is 4.64. The molecule has 17 heavy (non-hydrogen) atoms. The summed E-state index contributed by atoms with van der Waals surface area (Å²) in [6.45, 7) is 2.71. The van der Waals surface area contributed by atoms with Crippen LogP contribution in [0.3, 0.4) is 0 Å². The average Bonchev–Trinajstić information content (AvgIpc) is 2.28. The lowest BCUT2D eigenvalue weighted by atomic mass is 10.1. The number of hydrogen-bond acceptors (Lipinski definition) is 3. The van der Waals surface area contributed by atoms with Gasteiger partial charge in [-0.3, -0.25) is 0 Å². The average molecular weight is 273 g/mol. The van der Waals surface area contributed by atoms with Crippen LogP contribution in [-0.2, 0) is 4.74 Å². The molecule has 0 amide bonds. The van der Waals surface area contributed by atoms with Gasteiger partial charge in [0, 0.05) is 29.4 Å². The molecule has 3 nitrogen and oxygen atoms in total. The first-order valence-corrected chi connectivity index (χ1v) is 6.22. The van der Waals surface area contributed by atoms with Crippen LogP contribution in [0, 0.1) is 0 Å². The van der Waals surface area contributed by atoms with Gasteiger partial charge in [0.2, 0.25) is 0 Å². The summed E-state index contributed by atoms with van der Waals surface area (Å²) in [6.07, 6.45) is 0.942. The normalized spacial score (nSPS) is 12.2. The highest BCUT2D eigenvalue weighted by Gasteiger charge is 2.10. The zero-order valence-corrected chi connectivity index (χ0v) is 11.6. The van der Waals surface area contributed by atoms with Crippen LogP contribution in [0.25, 0.3) is 0 Å². The Hall–Kier alpha value is -0.840. The van der Waals surface area contributed by atoms with Crippen molar-refractivity contribution in [1.29, 1.82) is 0 Å². The molecule has 1 aromatic rings. The Bertz CT molecular complexity index is 398. The van der Waals surface area contributed by atoms with Gasteiger partial charge in [-0.2, -0.15) is 0 Å². The highest BCUT2D eigenvalue weighted by atomic mass is 35.5. The maximum Gasteiger partial charge on any atom is 0.106 e. The van der Waals surface area contributed by atoms with Crippen molar-refractivity contribution in [2.24, 2.45) is 5.73 Å². The Labute approximate surface area is 112 Å². The molecule has 0 fully saturated rings. The molecule has 1 atom stereocenters. The Balaban J connectivity index is 2.94. The highest BCUT2D eigenvalue weighted by Crippen LogP contribution is 2.22. The molecular weight excluding hydrogens is 256 g/mol. The van der Waals surface area contributed by atoms with Crippen LogP contribution in [-0.4, -0.2) is 24.7 Å². The number of ether oxygens (including phenoxy) is 1. The largest absolute Gasteiger partial charge is 0.389 e. The summed E-state index contributed by atoms with van der Waals surface area (Å²) in [5.74, 6) is 0. The Morgan fingerprint density at radius 2 is 2.29 bits per heavy atom. The van der Waals surface area contributed by atoms with E-state index >= 15 is 0 Å². The van der Waals surface area contributed by atoms with Crippen molar-refractivity contribution in [3.63, 3.8) is 0 Å². The fourth-order valence-electron chi connectivity index (χ4n) is 1.53. The van der Waals surface area contributed by atoms with Crippen molar-refractivity contribution in [3.05, 3.63) is 28.8 Å². The summed E-state index contributed by atoms with van der Waals surface area (Å²) in [5, 5.41) is 4.00. The lowest BCUT2D eigenvalue weighted by molar-refractivity contribution is 0.184. The van der Waals surface area contributed by atoms with Gasteiger partial charge in [0.1, 0.15) is 4.99 Å². The number of anilines is 1. The molecule has 0 saturated carbocycles. The first kappa shape index (κ1) is 14.2. The van der Waals surface area contributed by atoms with Gasteiger partial charge < -0.3 is 15.8 Å². The third kappa shape index (κ3) is 4.15. The SMILES string of the molecule is CCC(COC)Nc1cc(Cl)ccc1C(N)=S. The van der Waals surface area contributed by atoms with Gasteiger partial charge in [-0.1, -0.05) is 30.7 Å². The van der Waals surface area contributed by atoms with Gasteiger partial charge >= 0.3 is 0 Å². The number of thiocarbonyl (C=S) groups is 1. The van der Waals surface area contributed by atoms with Crippen LogP contribution in [0.4, 0.5) is 5.69 Å². The zero-order chi connectivity index (χ0) is 12.8. The van der Waals surface area contributed by atoms with Gasteiger partial charge in [-0.15, -0.1) is 0 Å². The van der Waals surface area contributed by atoms with E-state index in [1.807, 2.05) is 12.1 Å². The van der Waals surface area contributed by atoms with Gasteiger partial charge in [0.15, 0.2) is 0 Å². The smallest absolute Gasteiger partial charge is 0.106 e. The molecule has 1 rings (SSSR count). The number of nitrogens with two attached hydrogens (primary N) is 1. The Kier molecular flexibility index (Phi) is 5.68. The predicted molar refractivity (Wildman–Crippen MR) is 76.9 cm³/mol. The molecule has 0 bridgehead atoms. The van der Waals surface area contributed by atoms with Gasteiger partial charge in [-0.05, 0) is 24.6 Å². The van der Waals surface area contributed by atoms with Gasteiger partial charge in [0.05, 0.1) is 6.61 Å². The summed E-state index contributed by atoms with van der Waals surface area (Å²) in [5.41, 5.74) is 7.33. The van der Waals surface area contributed by atoms with Crippen molar-refractivity contribution in [2.75, 3.05) is 19.0 Å². The van der Waals surface area contributed by atoms with E-state index in [9.17, 15) is 0 Å². The van der Waals surface area contributed by atoms with E-state index in [1.54, 1.807) is 13.2 Å². The Morgan fingerprint density at radius 1 is 1.59 bits per heavy atom.